The van der Waals surface area contributed by atoms with Gasteiger partial charge in [-0.25, -0.2) is 0 Å². The number of rotatable bonds is 13. The molecule has 6 nitrogen and oxygen atoms in total. The highest BCUT2D eigenvalue weighted by Gasteiger charge is 2.35. The predicted octanol–water partition coefficient (Wildman–Crippen LogP) is 2.99. The molecule has 5 atom stereocenters. The molecule has 0 aromatic carbocycles. The van der Waals surface area contributed by atoms with Gasteiger partial charge in [-0.2, -0.15) is 0 Å². The third-order valence-corrected chi connectivity index (χ3v) is 4.98. The summed E-state index contributed by atoms with van der Waals surface area (Å²) in [6, 6.07) is 0. The Morgan fingerprint density at radius 3 is 2.58 bits per heavy atom. The molecule has 0 amide bonds. The van der Waals surface area contributed by atoms with Crippen LogP contribution in [0.5, 0.6) is 0 Å². The van der Waals surface area contributed by atoms with Crippen molar-refractivity contribution in [3.05, 3.63) is 12.2 Å². The van der Waals surface area contributed by atoms with Crippen LogP contribution < -0.4 is 0 Å². The van der Waals surface area contributed by atoms with E-state index in [0.717, 1.165) is 44.9 Å². The monoisotopic (exact) mass is 372 g/mol. The molecule has 0 radical (unpaired) electrons. The number of hydrogen-bond donors (Lipinski definition) is 4. The van der Waals surface area contributed by atoms with E-state index in [-0.39, 0.29) is 18.8 Å². The second kappa shape index (κ2) is 13.3. The summed E-state index contributed by atoms with van der Waals surface area (Å²) in [6.07, 6.45) is 9.27. The van der Waals surface area contributed by atoms with Gasteiger partial charge < -0.3 is 25.2 Å². The van der Waals surface area contributed by atoms with Crippen LogP contribution in [0.25, 0.3) is 0 Å². The predicted molar refractivity (Wildman–Crippen MR) is 99.6 cm³/mol. The van der Waals surface area contributed by atoms with Gasteiger partial charge in [0, 0.05) is 18.8 Å². The third-order valence-electron chi connectivity index (χ3n) is 4.98. The zero-order valence-electron chi connectivity index (χ0n) is 15.9. The highest BCUT2D eigenvalue weighted by Crippen LogP contribution is 2.30. The van der Waals surface area contributed by atoms with Crippen molar-refractivity contribution in [2.45, 2.75) is 102 Å². The molecule has 0 saturated carbocycles. The minimum absolute atomic E-state index is 0.114. The van der Waals surface area contributed by atoms with E-state index >= 15 is 0 Å². The zero-order chi connectivity index (χ0) is 19.4. The molecule has 26 heavy (non-hydrogen) atoms. The summed E-state index contributed by atoms with van der Waals surface area (Å²) in [5.74, 6) is -0.880. The fourth-order valence-corrected chi connectivity index (χ4v) is 3.43. The van der Waals surface area contributed by atoms with E-state index in [0.29, 0.717) is 12.8 Å². The number of carbonyl (C=O) groups is 1. The number of aliphatic hydroxyl groups excluding tert-OH is 3. The van der Waals surface area contributed by atoms with Crippen molar-refractivity contribution in [3.63, 3.8) is 0 Å². The van der Waals surface area contributed by atoms with Gasteiger partial charge in [0.05, 0.1) is 18.3 Å². The maximum absolute atomic E-state index is 10.5. The number of aliphatic carboxylic acids is 1. The molecule has 0 aromatic rings. The first kappa shape index (κ1) is 23.1. The van der Waals surface area contributed by atoms with Gasteiger partial charge in [0.1, 0.15) is 0 Å². The van der Waals surface area contributed by atoms with Crippen molar-refractivity contribution in [1.29, 1.82) is 0 Å². The first-order valence-corrected chi connectivity index (χ1v) is 10.0. The van der Waals surface area contributed by atoms with Gasteiger partial charge in [-0.15, -0.1) is 0 Å². The number of aliphatic hydroxyl groups is 3. The van der Waals surface area contributed by atoms with Crippen LogP contribution >= 0.6 is 0 Å². The van der Waals surface area contributed by atoms with Crippen LogP contribution in [0.2, 0.25) is 0 Å². The van der Waals surface area contributed by atoms with Crippen molar-refractivity contribution in [2.24, 2.45) is 5.92 Å². The summed E-state index contributed by atoms with van der Waals surface area (Å²) >= 11 is 0. The number of carboxylic acids is 1. The first-order valence-electron chi connectivity index (χ1n) is 10.0. The van der Waals surface area contributed by atoms with Gasteiger partial charge in [0.2, 0.25) is 0 Å². The van der Waals surface area contributed by atoms with Gasteiger partial charge in [-0.3, -0.25) is 4.79 Å². The molecule has 4 N–H and O–H groups in total. The van der Waals surface area contributed by atoms with Crippen LogP contribution in [0.15, 0.2) is 12.2 Å². The summed E-state index contributed by atoms with van der Waals surface area (Å²) in [5, 5.41) is 38.7. The van der Waals surface area contributed by atoms with Gasteiger partial charge >= 0.3 is 5.97 Å². The minimum atomic E-state index is -0.983. The first-order chi connectivity index (χ1) is 12.4. The molecular formula is C20H36O6. The Balaban J connectivity index is 2.44. The number of ether oxygens (including phenoxy) is 1. The Kier molecular flexibility index (Phi) is 11.8. The van der Waals surface area contributed by atoms with E-state index in [1.807, 2.05) is 0 Å². The van der Waals surface area contributed by atoms with Crippen molar-refractivity contribution in [2.75, 3.05) is 0 Å². The number of hydrogen-bond acceptors (Lipinski definition) is 5. The van der Waals surface area contributed by atoms with Crippen LogP contribution in [0.1, 0.15) is 77.6 Å². The van der Waals surface area contributed by atoms with Crippen molar-refractivity contribution in [1.82, 2.24) is 0 Å². The van der Waals surface area contributed by atoms with Crippen molar-refractivity contribution in [3.8, 4) is 0 Å². The molecule has 1 aliphatic rings. The molecule has 0 bridgehead atoms. The SMILES string of the molecule is CCCCC[C@H](O)/C=C/[C@H]1O[C@H](O)C[C@H](O)[C@@H]1CCCCCCC(=O)O. The van der Waals surface area contributed by atoms with E-state index in [1.165, 1.54) is 0 Å². The molecule has 1 heterocycles. The van der Waals surface area contributed by atoms with E-state index in [1.54, 1.807) is 12.2 Å². The van der Waals surface area contributed by atoms with Gasteiger partial charge in [0.15, 0.2) is 6.29 Å². The normalized spacial score (nSPS) is 27.7. The summed E-state index contributed by atoms with van der Waals surface area (Å²) in [7, 11) is 0. The van der Waals surface area contributed by atoms with E-state index in [4.69, 9.17) is 9.84 Å². The van der Waals surface area contributed by atoms with Crippen LogP contribution in [-0.2, 0) is 9.53 Å². The fraction of sp³-hybridized carbons (Fsp3) is 0.850. The Morgan fingerprint density at radius 2 is 1.88 bits per heavy atom. The lowest BCUT2D eigenvalue weighted by Crippen LogP contribution is -2.43. The quantitative estimate of drug-likeness (QED) is 0.292. The van der Waals surface area contributed by atoms with E-state index in [9.17, 15) is 20.1 Å². The summed E-state index contributed by atoms with van der Waals surface area (Å²) in [6.45, 7) is 2.12. The van der Waals surface area contributed by atoms with Crippen LogP contribution in [0.3, 0.4) is 0 Å². The van der Waals surface area contributed by atoms with Crippen molar-refractivity contribution >= 4 is 5.97 Å². The summed E-state index contributed by atoms with van der Waals surface area (Å²) < 4.78 is 5.57. The molecule has 1 rings (SSSR count). The topological polar surface area (TPSA) is 107 Å². The Hall–Kier alpha value is -0.950. The van der Waals surface area contributed by atoms with Crippen molar-refractivity contribution < 1.29 is 30.0 Å². The smallest absolute Gasteiger partial charge is 0.303 e. The maximum atomic E-state index is 10.5. The Morgan fingerprint density at radius 1 is 1.15 bits per heavy atom. The highest BCUT2D eigenvalue weighted by atomic mass is 16.6. The second-order valence-electron chi connectivity index (χ2n) is 7.32. The molecule has 1 aliphatic heterocycles. The molecule has 0 aliphatic carbocycles. The fourth-order valence-electron chi connectivity index (χ4n) is 3.43. The standard InChI is InChI=1S/C20H36O6/c1-2-3-6-9-15(21)12-13-18-16(17(22)14-20(25)26-18)10-7-4-5-8-11-19(23)24/h12-13,15-18,20-22,25H,2-11,14H2,1H3,(H,23,24)/b13-12+/t15-,16-,17-,18+,20-/m0/s1. The summed E-state index contributed by atoms with van der Waals surface area (Å²) in [4.78, 5) is 10.5. The minimum Gasteiger partial charge on any atom is -0.481 e. The number of carboxylic acid groups (broad SMARTS) is 1. The molecule has 0 spiro atoms. The average molecular weight is 373 g/mol. The van der Waals surface area contributed by atoms with Gasteiger partial charge in [-0.1, -0.05) is 57.6 Å². The molecular weight excluding hydrogens is 336 g/mol. The van der Waals surface area contributed by atoms with Crippen LogP contribution in [0.4, 0.5) is 0 Å². The lowest BCUT2D eigenvalue weighted by Gasteiger charge is -2.37. The van der Waals surface area contributed by atoms with Crippen LogP contribution in [-0.4, -0.2) is 51.0 Å². The molecule has 1 saturated heterocycles. The average Bonchev–Trinajstić information content (AvgIpc) is 2.57. The maximum Gasteiger partial charge on any atom is 0.303 e. The molecule has 0 unspecified atom stereocenters. The van der Waals surface area contributed by atoms with Crippen LogP contribution in [0, 0.1) is 5.92 Å². The third kappa shape index (κ3) is 9.67. The second-order valence-corrected chi connectivity index (χ2v) is 7.32. The Labute approximate surface area is 156 Å². The number of unbranched alkanes of at least 4 members (excludes halogenated alkanes) is 5. The van der Waals surface area contributed by atoms with Gasteiger partial charge in [-0.05, 0) is 19.3 Å². The highest BCUT2D eigenvalue weighted by molar-refractivity contribution is 5.66. The molecule has 0 aromatic heterocycles. The zero-order valence-corrected chi connectivity index (χ0v) is 15.9. The Bertz CT molecular complexity index is 411. The molecule has 152 valence electrons. The van der Waals surface area contributed by atoms with E-state index < -0.39 is 30.6 Å². The molecule has 1 fully saturated rings. The van der Waals surface area contributed by atoms with E-state index in [2.05, 4.69) is 6.92 Å². The summed E-state index contributed by atoms with van der Waals surface area (Å²) in [5.41, 5.74) is 0. The van der Waals surface area contributed by atoms with Gasteiger partial charge in [0.25, 0.3) is 0 Å². The lowest BCUT2D eigenvalue weighted by molar-refractivity contribution is -0.201. The molecule has 6 heteroatoms. The largest absolute Gasteiger partial charge is 0.481 e. The lowest BCUT2D eigenvalue weighted by atomic mass is 9.85.